The monoisotopic (exact) mass is 342 g/mol. The van der Waals surface area contributed by atoms with E-state index >= 15 is 0 Å². The highest BCUT2D eigenvalue weighted by Gasteiger charge is 2.34. The zero-order chi connectivity index (χ0) is 16.7. The van der Waals surface area contributed by atoms with Crippen LogP contribution in [0.1, 0.15) is 20.7 Å². The predicted octanol–water partition coefficient (Wildman–Crippen LogP) is 1.71. The number of nitrogens with one attached hydrogen (secondary N) is 2. The Bertz CT molecular complexity index is 935. The van der Waals surface area contributed by atoms with E-state index in [0.29, 0.717) is 34.7 Å². The maximum Gasteiger partial charge on any atom is 0.261 e. The average Bonchev–Trinajstić information content (AvgIpc) is 3.13. The standard InChI is InChI=1S/C15H11ClN6O2/c16-15-20-11(10-12(21-15)19-7-18-10)17-5-6-22-13(23)8-3-1-2-4-9(8)14(22)24/h1-4,7H,5-6H2,(H2,17,18,19,20,21). The highest BCUT2D eigenvalue weighted by Crippen LogP contribution is 2.22. The van der Waals surface area contributed by atoms with Gasteiger partial charge in [0.15, 0.2) is 11.5 Å². The first kappa shape index (κ1) is 14.6. The van der Waals surface area contributed by atoms with Gasteiger partial charge >= 0.3 is 0 Å². The fraction of sp³-hybridized carbons (Fsp3) is 0.133. The average molecular weight is 343 g/mol. The second kappa shape index (κ2) is 5.57. The maximum absolute atomic E-state index is 12.3. The number of hydrogen-bond donors (Lipinski definition) is 2. The van der Waals surface area contributed by atoms with Crippen LogP contribution in [0.4, 0.5) is 5.82 Å². The molecule has 0 bridgehead atoms. The Balaban J connectivity index is 1.49. The maximum atomic E-state index is 12.3. The number of amides is 2. The molecule has 2 amide bonds. The molecule has 3 heterocycles. The lowest BCUT2D eigenvalue weighted by molar-refractivity contribution is 0.0660. The number of halogens is 1. The topological polar surface area (TPSA) is 104 Å². The summed E-state index contributed by atoms with van der Waals surface area (Å²) >= 11 is 5.86. The van der Waals surface area contributed by atoms with E-state index in [0.717, 1.165) is 0 Å². The first-order valence-electron chi connectivity index (χ1n) is 7.21. The van der Waals surface area contributed by atoms with Gasteiger partial charge < -0.3 is 10.3 Å². The Morgan fingerprint density at radius 1 is 1.12 bits per heavy atom. The summed E-state index contributed by atoms with van der Waals surface area (Å²) in [6.45, 7) is 0.538. The molecule has 1 aromatic carbocycles. The lowest BCUT2D eigenvalue weighted by Crippen LogP contribution is -2.34. The number of nitrogens with zero attached hydrogens (tertiary/aromatic N) is 4. The van der Waals surface area contributed by atoms with Gasteiger partial charge in [-0.15, -0.1) is 0 Å². The third kappa shape index (κ3) is 2.28. The van der Waals surface area contributed by atoms with Gasteiger partial charge in [-0.3, -0.25) is 14.5 Å². The first-order chi connectivity index (χ1) is 11.6. The molecule has 1 aliphatic heterocycles. The Kier molecular flexibility index (Phi) is 3.39. The van der Waals surface area contributed by atoms with Gasteiger partial charge in [-0.05, 0) is 23.7 Å². The van der Waals surface area contributed by atoms with Crippen LogP contribution in [0.2, 0.25) is 5.28 Å². The number of imide groups is 1. The number of benzene rings is 1. The van der Waals surface area contributed by atoms with Crippen molar-refractivity contribution in [3.05, 3.63) is 47.0 Å². The smallest absolute Gasteiger partial charge is 0.261 e. The number of fused-ring (bicyclic) bond motifs is 2. The minimum absolute atomic E-state index is 0.0674. The predicted molar refractivity (Wildman–Crippen MR) is 87.0 cm³/mol. The Morgan fingerprint density at radius 2 is 1.83 bits per heavy atom. The second-order valence-corrected chi connectivity index (χ2v) is 5.51. The van der Waals surface area contributed by atoms with Crippen LogP contribution in [0.15, 0.2) is 30.6 Å². The van der Waals surface area contributed by atoms with Gasteiger partial charge in [0.05, 0.1) is 17.5 Å². The summed E-state index contributed by atoms with van der Waals surface area (Å²) in [6, 6.07) is 6.79. The highest BCUT2D eigenvalue weighted by atomic mass is 35.5. The van der Waals surface area contributed by atoms with Crippen molar-refractivity contribution < 1.29 is 9.59 Å². The molecule has 0 saturated heterocycles. The minimum Gasteiger partial charge on any atom is -0.366 e. The van der Waals surface area contributed by atoms with Crippen LogP contribution in [-0.2, 0) is 0 Å². The largest absolute Gasteiger partial charge is 0.366 e. The number of aromatic nitrogens is 4. The van der Waals surface area contributed by atoms with E-state index in [4.69, 9.17) is 11.6 Å². The first-order valence-corrected chi connectivity index (χ1v) is 7.58. The van der Waals surface area contributed by atoms with Crippen molar-refractivity contribution >= 4 is 40.4 Å². The van der Waals surface area contributed by atoms with Gasteiger partial charge in [-0.2, -0.15) is 9.97 Å². The molecule has 4 rings (SSSR count). The molecule has 120 valence electrons. The SMILES string of the molecule is O=C1c2ccccc2C(=O)N1CCNc1nc(Cl)nc2nc[nH]c12. The molecule has 0 fully saturated rings. The molecule has 24 heavy (non-hydrogen) atoms. The van der Waals surface area contributed by atoms with E-state index in [1.807, 2.05) is 0 Å². The molecule has 0 spiro atoms. The van der Waals surface area contributed by atoms with Gasteiger partial charge in [-0.1, -0.05) is 12.1 Å². The van der Waals surface area contributed by atoms with E-state index < -0.39 is 0 Å². The normalized spacial score (nSPS) is 13.6. The minimum atomic E-state index is -0.287. The van der Waals surface area contributed by atoms with E-state index in [2.05, 4.69) is 25.3 Å². The lowest BCUT2D eigenvalue weighted by atomic mass is 10.1. The van der Waals surface area contributed by atoms with Crippen molar-refractivity contribution in [3.63, 3.8) is 0 Å². The molecule has 2 aromatic heterocycles. The molecule has 9 heteroatoms. The summed E-state index contributed by atoms with van der Waals surface area (Å²) in [5.41, 5.74) is 1.92. The molecule has 0 saturated carbocycles. The fourth-order valence-corrected chi connectivity index (χ4v) is 2.83. The Labute approximate surface area is 140 Å². The molecule has 2 N–H and O–H groups in total. The number of anilines is 1. The molecular weight excluding hydrogens is 332 g/mol. The summed E-state index contributed by atoms with van der Waals surface area (Å²) < 4.78 is 0. The van der Waals surface area contributed by atoms with Crippen LogP contribution in [0, 0.1) is 0 Å². The van der Waals surface area contributed by atoms with Gasteiger partial charge in [0.25, 0.3) is 11.8 Å². The summed E-state index contributed by atoms with van der Waals surface area (Å²) in [6.07, 6.45) is 1.49. The zero-order valence-corrected chi connectivity index (χ0v) is 13.0. The van der Waals surface area contributed by atoms with Crippen molar-refractivity contribution in [2.24, 2.45) is 0 Å². The molecule has 0 atom stereocenters. The third-order valence-corrected chi connectivity index (χ3v) is 3.93. The lowest BCUT2D eigenvalue weighted by Gasteiger charge is -2.14. The van der Waals surface area contributed by atoms with E-state index in [9.17, 15) is 9.59 Å². The summed E-state index contributed by atoms with van der Waals surface area (Å²) in [4.78, 5) is 40.8. The number of imidazole rings is 1. The molecule has 8 nitrogen and oxygen atoms in total. The number of hydrogen-bond acceptors (Lipinski definition) is 6. The van der Waals surface area contributed by atoms with Gasteiger partial charge in [0, 0.05) is 13.1 Å². The summed E-state index contributed by atoms with van der Waals surface area (Å²) in [5.74, 6) is -0.103. The van der Waals surface area contributed by atoms with Crippen LogP contribution < -0.4 is 5.32 Å². The van der Waals surface area contributed by atoms with E-state index in [-0.39, 0.29) is 23.6 Å². The zero-order valence-electron chi connectivity index (χ0n) is 12.3. The number of aromatic amines is 1. The van der Waals surface area contributed by atoms with Gasteiger partial charge in [0.1, 0.15) is 5.52 Å². The van der Waals surface area contributed by atoms with Crippen molar-refractivity contribution in [2.45, 2.75) is 0 Å². The summed E-state index contributed by atoms with van der Waals surface area (Å²) in [7, 11) is 0. The molecule has 1 aliphatic rings. The molecular formula is C15H11ClN6O2. The van der Waals surface area contributed by atoms with Gasteiger partial charge in [0.2, 0.25) is 5.28 Å². The van der Waals surface area contributed by atoms with Gasteiger partial charge in [-0.25, -0.2) is 4.98 Å². The fourth-order valence-electron chi connectivity index (χ4n) is 2.66. The van der Waals surface area contributed by atoms with Crippen LogP contribution in [0.25, 0.3) is 11.2 Å². The van der Waals surface area contributed by atoms with Crippen molar-refractivity contribution in [1.82, 2.24) is 24.8 Å². The molecule has 0 aliphatic carbocycles. The number of carbonyl (C=O) groups is 2. The van der Waals surface area contributed by atoms with Crippen LogP contribution in [-0.4, -0.2) is 49.7 Å². The van der Waals surface area contributed by atoms with Crippen molar-refractivity contribution in [3.8, 4) is 0 Å². The number of H-pyrrole nitrogens is 1. The molecule has 0 radical (unpaired) electrons. The Hall–Kier alpha value is -3.00. The molecule has 3 aromatic rings. The van der Waals surface area contributed by atoms with Crippen molar-refractivity contribution in [2.75, 3.05) is 18.4 Å². The van der Waals surface area contributed by atoms with E-state index in [1.165, 1.54) is 11.2 Å². The van der Waals surface area contributed by atoms with Crippen molar-refractivity contribution in [1.29, 1.82) is 0 Å². The Morgan fingerprint density at radius 3 is 2.54 bits per heavy atom. The highest BCUT2D eigenvalue weighted by molar-refractivity contribution is 6.28. The molecule has 0 unspecified atom stereocenters. The second-order valence-electron chi connectivity index (χ2n) is 5.18. The third-order valence-electron chi connectivity index (χ3n) is 3.76. The van der Waals surface area contributed by atoms with Crippen LogP contribution in [0.3, 0.4) is 0 Å². The van der Waals surface area contributed by atoms with E-state index in [1.54, 1.807) is 24.3 Å². The number of carbonyl (C=O) groups excluding carboxylic acids is 2. The van der Waals surface area contributed by atoms with Crippen LogP contribution in [0.5, 0.6) is 0 Å². The number of rotatable bonds is 4. The van der Waals surface area contributed by atoms with Crippen LogP contribution >= 0.6 is 11.6 Å². The summed E-state index contributed by atoms with van der Waals surface area (Å²) in [5, 5.41) is 3.12. The quantitative estimate of drug-likeness (QED) is 0.552.